The number of anilines is 2. The summed E-state index contributed by atoms with van der Waals surface area (Å²) >= 11 is 0. The summed E-state index contributed by atoms with van der Waals surface area (Å²) < 4.78 is 5.28. The monoisotopic (exact) mass is 209 g/mol. The zero-order valence-corrected chi connectivity index (χ0v) is 8.66. The van der Waals surface area contributed by atoms with Crippen LogP contribution >= 0.6 is 0 Å². The van der Waals surface area contributed by atoms with Crippen LogP contribution < -0.4 is 16.6 Å². The first-order valence-corrected chi connectivity index (χ1v) is 4.94. The first-order valence-electron chi connectivity index (χ1n) is 4.94. The molecule has 6 nitrogen and oxygen atoms in total. The van der Waals surface area contributed by atoms with Crippen molar-refractivity contribution in [3.05, 3.63) is 11.8 Å². The van der Waals surface area contributed by atoms with Crippen molar-refractivity contribution in [3.63, 3.8) is 0 Å². The highest BCUT2D eigenvalue weighted by atomic mass is 16.5. The van der Waals surface area contributed by atoms with E-state index in [2.05, 4.69) is 20.7 Å². The molecule has 0 amide bonds. The lowest BCUT2D eigenvalue weighted by Crippen LogP contribution is -2.21. The predicted molar refractivity (Wildman–Crippen MR) is 57.4 cm³/mol. The maximum atomic E-state index is 5.28. The number of hydrogen-bond donors (Lipinski definition) is 3. The number of aryl methyl sites for hydroxylation is 1. The van der Waals surface area contributed by atoms with E-state index in [1.807, 2.05) is 6.92 Å². The van der Waals surface area contributed by atoms with Crippen LogP contribution in [0.25, 0.3) is 0 Å². The molecule has 0 radical (unpaired) electrons. The Hall–Kier alpha value is -1.40. The molecular formula is C9H15N5O. The summed E-state index contributed by atoms with van der Waals surface area (Å²) in [5.41, 5.74) is 3.43. The van der Waals surface area contributed by atoms with Crippen LogP contribution in [-0.2, 0) is 4.74 Å². The largest absolute Gasteiger partial charge is 0.379 e. The molecule has 1 unspecified atom stereocenters. The van der Waals surface area contributed by atoms with Crippen LogP contribution in [0.5, 0.6) is 0 Å². The van der Waals surface area contributed by atoms with Crippen molar-refractivity contribution in [1.29, 1.82) is 0 Å². The van der Waals surface area contributed by atoms with Crippen LogP contribution in [0.1, 0.15) is 12.0 Å². The van der Waals surface area contributed by atoms with Crippen molar-refractivity contribution in [2.24, 2.45) is 5.84 Å². The van der Waals surface area contributed by atoms with Crippen molar-refractivity contribution in [2.75, 3.05) is 24.0 Å². The molecule has 1 saturated heterocycles. The molecule has 15 heavy (non-hydrogen) atoms. The SMILES string of the molecule is Cc1cnc(NN)nc1NC1CCOC1. The van der Waals surface area contributed by atoms with Gasteiger partial charge in [0.15, 0.2) is 0 Å². The van der Waals surface area contributed by atoms with Gasteiger partial charge in [0.1, 0.15) is 5.82 Å². The van der Waals surface area contributed by atoms with Crippen LogP contribution in [-0.4, -0.2) is 29.2 Å². The summed E-state index contributed by atoms with van der Waals surface area (Å²) in [6.45, 7) is 3.50. The first kappa shape index (κ1) is 10.1. The molecule has 0 saturated carbocycles. The summed E-state index contributed by atoms with van der Waals surface area (Å²) in [5.74, 6) is 6.48. The van der Waals surface area contributed by atoms with Gasteiger partial charge in [-0.25, -0.2) is 10.8 Å². The van der Waals surface area contributed by atoms with Gasteiger partial charge in [-0.05, 0) is 13.3 Å². The number of ether oxygens (including phenoxy) is 1. The maximum absolute atomic E-state index is 5.28. The lowest BCUT2D eigenvalue weighted by molar-refractivity contribution is 0.195. The van der Waals surface area contributed by atoms with Crippen LogP contribution in [0.3, 0.4) is 0 Å². The number of nitrogens with zero attached hydrogens (tertiary/aromatic N) is 2. The zero-order valence-electron chi connectivity index (χ0n) is 8.66. The number of hydrogen-bond acceptors (Lipinski definition) is 6. The Balaban J connectivity index is 2.11. The molecule has 2 rings (SSSR count). The van der Waals surface area contributed by atoms with E-state index < -0.39 is 0 Å². The van der Waals surface area contributed by atoms with Crippen LogP contribution in [0, 0.1) is 6.92 Å². The molecule has 1 atom stereocenters. The Morgan fingerprint density at radius 3 is 3.13 bits per heavy atom. The van der Waals surface area contributed by atoms with Gasteiger partial charge in [-0.1, -0.05) is 0 Å². The van der Waals surface area contributed by atoms with E-state index in [0.717, 1.165) is 31.0 Å². The topological polar surface area (TPSA) is 85.1 Å². The van der Waals surface area contributed by atoms with E-state index >= 15 is 0 Å². The van der Waals surface area contributed by atoms with Gasteiger partial charge in [0.25, 0.3) is 0 Å². The Morgan fingerprint density at radius 1 is 1.60 bits per heavy atom. The van der Waals surface area contributed by atoms with Gasteiger partial charge in [0, 0.05) is 18.4 Å². The fourth-order valence-electron chi connectivity index (χ4n) is 1.50. The summed E-state index contributed by atoms with van der Waals surface area (Å²) in [5, 5.41) is 3.31. The average molecular weight is 209 g/mol. The van der Waals surface area contributed by atoms with Crippen molar-refractivity contribution in [3.8, 4) is 0 Å². The second kappa shape index (κ2) is 4.41. The number of rotatable bonds is 3. The van der Waals surface area contributed by atoms with Crippen LogP contribution in [0.15, 0.2) is 6.20 Å². The maximum Gasteiger partial charge on any atom is 0.239 e. The van der Waals surface area contributed by atoms with E-state index in [4.69, 9.17) is 10.6 Å². The molecule has 82 valence electrons. The molecule has 1 fully saturated rings. The Morgan fingerprint density at radius 2 is 2.47 bits per heavy atom. The number of nitrogens with one attached hydrogen (secondary N) is 2. The molecule has 2 heterocycles. The Kier molecular flexibility index (Phi) is 2.98. The molecule has 4 N–H and O–H groups in total. The third-order valence-electron chi connectivity index (χ3n) is 2.37. The Bertz CT molecular complexity index is 337. The normalized spacial score (nSPS) is 20.3. The van der Waals surface area contributed by atoms with Crippen LogP contribution in [0.2, 0.25) is 0 Å². The Labute approximate surface area is 88.2 Å². The molecule has 1 aliphatic rings. The van der Waals surface area contributed by atoms with Gasteiger partial charge in [-0.15, -0.1) is 0 Å². The molecule has 1 aliphatic heterocycles. The summed E-state index contributed by atoms with van der Waals surface area (Å²) in [7, 11) is 0. The summed E-state index contributed by atoms with van der Waals surface area (Å²) in [6.07, 6.45) is 2.75. The highest BCUT2D eigenvalue weighted by molar-refractivity contribution is 5.46. The molecule has 1 aromatic rings. The van der Waals surface area contributed by atoms with E-state index in [0.29, 0.717) is 12.0 Å². The number of hydrazine groups is 1. The molecule has 0 spiro atoms. The van der Waals surface area contributed by atoms with Gasteiger partial charge in [-0.3, -0.25) is 5.43 Å². The van der Waals surface area contributed by atoms with Crippen molar-refractivity contribution >= 4 is 11.8 Å². The minimum absolute atomic E-state index is 0.337. The molecule has 1 aromatic heterocycles. The molecule has 6 heteroatoms. The smallest absolute Gasteiger partial charge is 0.239 e. The second-order valence-corrected chi connectivity index (χ2v) is 3.57. The highest BCUT2D eigenvalue weighted by Crippen LogP contribution is 2.16. The number of nitrogen functional groups attached to an aromatic ring is 1. The van der Waals surface area contributed by atoms with Gasteiger partial charge >= 0.3 is 0 Å². The number of aromatic nitrogens is 2. The quantitative estimate of drug-likeness (QED) is 0.489. The zero-order chi connectivity index (χ0) is 10.7. The third-order valence-corrected chi connectivity index (χ3v) is 2.37. The molecule has 0 aromatic carbocycles. The molecule has 0 aliphatic carbocycles. The lowest BCUT2D eigenvalue weighted by Gasteiger charge is -2.13. The van der Waals surface area contributed by atoms with Gasteiger partial charge < -0.3 is 10.1 Å². The third kappa shape index (κ3) is 2.34. The summed E-state index contributed by atoms with van der Waals surface area (Å²) in [4.78, 5) is 8.25. The van der Waals surface area contributed by atoms with Gasteiger partial charge in [0.05, 0.1) is 12.6 Å². The minimum Gasteiger partial charge on any atom is -0.379 e. The van der Waals surface area contributed by atoms with E-state index in [-0.39, 0.29) is 0 Å². The van der Waals surface area contributed by atoms with Crippen LogP contribution in [0.4, 0.5) is 11.8 Å². The van der Waals surface area contributed by atoms with Gasteiger partial charge in [0.2, 0.25) is 5.95 Å². The highest BCUT2D eigenvalue weighted by Gasteiger charge is 2.16. The fraction of sp³-hybridized carbons (Fsp3) is 0.556. The summed E-state index contributed by atoms with van der Waals surface area (Å²) in [6, 6.07) is 0.337. The van der Waals surface area contributed by atoms with Crippen molar-refractivity contribution in [1.82, 2.24) is 9.97 Å². The molecule has 0 bridgehead atoms. The first-order chi connectivity index (χ1) is 7.29. The van der Waals surface area contributed by atoms with Crippen molar-refractivity contribution in [2.45, 2.75) is 19.4 Å². The van der Waals surface area contributed by atoms with E-state index in [9.17, 15) is 0 Å². The average Bonchev–Trinajstić information content (AvgIpc) is 2.74. The fourth-order valence-corrected chi connectivity index (χ4v) is 1.50. The van der Waals surface area contributed by atoms with E-state index in [1.54, 1.807) is 6.20 Å². The molecular weight excluding hydrogens is 194 g/mol. The predicted octanol–water partition coefficient (Wildman–Crippen LogP) is 0.271. The minimum atomic E-state index is 0.337. The van der Waals surface area contributed by atoms with E-state index in [1.165, 1.54) is 0 Å². The lowest BCUT2D eigenvalue weighted by atomic mass is 10.2. The second-order valence-electron chi connectivity index (χ2n) is 3.57. The van der Waals surface area contributed by atoms with Gasteiger partial charge in [-0.2, -0.15) is 4.98 Å². The van der Waals surface area contributed by atoms with Crippen molar-refractivity contribution < 1.29 is 4.74 Å². The number of nitrogens with two attached hydrogens (primary N) is 1. The standard InChI is InChI=1S/C9H15N5O/c1-6-4-11-9(14-10)13-8(6)12-7-2-3-15-5-7/h4,7H,2-3,5,10H2,1H3,(H2,11,12,13,14).